The minimum atomic E-state index is -0.795. The summed E-state index contributed by atoms with van der Waals surface area (Å²) in [4.78, 5) is 11.9. The van der Waals surface area contributed by atoms with Crippen LogP contribution < -0.4 is 5.73 Å². The van der Waals surface area contributed by atoms with Gasteiger partial charge in [0.25, 0.3) is 0 Å². The van der Waals surface area contributed by atoms with Crippen molar-refractivity contribution in [3.63, 3.8) is 0 Å². The molecule has 0 aromatic heterocycles. The number of nitrogen functional groups attached to an aromatic ring is 1. The van der Waals surface area contributed by atoms with E-state index in [1.807, 2.05) is 6.92 Å². The number of rotatable bonds is 6. The van der Waals surface area contributed by atoms with Crippen molar-refractivity contribution in [3.05, 3.63) is 23.2 Å². The average Bonchev–Trinajstić information content (AvgIpc) is 2.26. The Morgan fingerprint density at radius 3 is 2.82 bits per heavy atom. The van der Waals surface area contributed by atoms with Crippen LogP contribution in [0.4, 0.5) is 5.69 Å². The molecule has 94 valence electrons. The molecule has 1 aromatic rings. The highest BCUT2D eigenvalue weighted by atomic mass is 35.5. The summed E-state index contributed by atoms with van der Waals surface area (Å²) in [7, 11) is 0. The fourth-order valence-electron chi connectivity index (χ4n) is 1.39. The smallest absolute Gasteiger partial charge is 0.316 e. The summed E-state index contributed by atoms with van der Waals surface area (Å²) in [5.41, 5.74) is 6.17. The third-order valence-electron chi connectivity index (χ3n) is 2.32. The van der Waals surface area contributed by atoms with Gasteiger partial charge in [-0.2, -0.15) is 0 Å². The van der Waals surface area contributed by atoms with E-state index in [1.54, 1.807) is 18.2 Å². The Morgan fingerprint density at radius 1 is 1.59 bits per heavy atom. The maximum atomic E-state index is 11.1. The maximum absolute atomic E-state index is 11.1. The molecule has 0 aliphatic heterocycles. The second kappa shape index (κ2) is 6.77. The molecule has 1 rings (SSSR count). The highest BCUT2D eigenvalue weighted by molar-refractivity contribution is 8.00. The first kappa shape index (κ1) is 14.2. The van der Waals surface area contributed by atoms with E-state index >= 15 is 0 Å². The molecule has 3 nitrogen and oxygen atoms in total. The number of thioether (sulfide) groups is 1. The van der Waals surface area contributed by atoms with Crippen LogP contribution in [0.25, 0.3) is 0 Å². The summed E-state index contributed by atoms with van der Waals surface area (Å²) in [6.07, 6.45) is 2.54. The second-order valence-corrected chi connectivity index (χ2v) is 5.43. The number of aliphatic carboxylic acids is 1. The highest BCUT2D eigenvalue weighted by Crippen LogP contribution is 2.33. The molecular formula is C12H16ClNO2S. The normalized spacial score (nSPS) is 12.4. The molecular weight excluding hydrogens is 258 g/mol. The van der Waals surface area contributed by atoms with Gasteiger partial charge in [0.05, 0.1) is 5.02 Å². The first-order valence-corrected chi connectivity index (χ1v) is 6.74. The Labute approximate surface area is 110 Å². The molecule has 0 spiro atoms. The zero-order chi connectivity index (χ0) is 12.8. The number of unbranched alkanes of at least 4 members (excludes halogenated alkanes) is 1. The molecule has 0 bridgehead atoms. The molecule has 1 atom stereocenters. The van der Waals surface area contributed by atoms with Gasteiger partial charge in [-0.3, -0.25) is 4.79 Å². The van der Waals surface area contributed by atoms with Crippen molar-refractivity contribution >= 4 is 35.0 Å². The van der Waals surface area contributed by atoms with Crippen LogP contribution in [0.5, 0.6) is 0 Å². The first-order valence-electron chi connectivity index (χ1n) is 5.49. The first-order chi connectivity index (χ1) is 8.04. The van der Waals surface area contributed by atoms with Crippen molar-refractivity contribution in [1.82, 2.24) is 0 Å². The van der Waals surface area contributed by atoms with Crippen LogP contribution in [0.3, 0.4) is 0 Å². The van der Waals surface area contributed by atoms with Gasteiger partial charge in [-0.1, -0.05) is 31.4 Å². The SMILES string of the molecule is CCCCC(Sc1ccc(N)cc1Cl)C(=O)O. The van der Waals surface area contributed by atoms with E-state index in [0.717, 1.165) is 17.7 Å². The van der Waals surface area contributed by atoms with Crippen LogP contribution in [-0.2, 0) is 4.79 Å². The van der Waals surface area contributed by atoms with Crippen LogP contribution in [0.2, 0.25) is 5.02 Å². The Hall–Kier alpha value is -0.870. The summed E-state index contributed by atoms with van der Waals surface area (Å²) in [6, 6.07) is 5.14. The van der Waals surface area contributed by atoms with E-state index in [-0.39, 0.29) is 0 Å². The number of hydrogen-bond donors (Lipinski definition) is 2. The minimum Gasteiger partial charge on any atom is -0.480 e. The highest BCUT2D eigenvalue weighted by Gasteiger charge is 2.19. The van der Waals surface area contributed by atoms with E-state index in [4.69, 9.17) is 22.4 Å². The molecule has 0 fully saturated rings. The minimum absolute atomic E-state index is 0.448. The average molecular weight is 274 g/mol. The van der Waals surface area contributed by atoms with E-state index < -0.39 is 11.2 Å². The van der Waals surface area contributed by atoms with E-state index in [2.05, 4.69) is 0 Å². The molecule has 0 saturated carbocycles. The third kappa shape index (κ3) is 4.48. The molecule has 3 N–H and O–H groups in total. The fraction of sp³-hybridized carbons (Fsp3) is 0.417. The molecule has 5 heteroatoms. The summed E-state index contributed by atoms with van der Waals surface area (Å²) in [5.74, 6) is -0.795. The Bertz CT molecular complexity index is 398. The van der Waals surface area contributed by atoms with Crippen molar-refractivity contribution in [2.45, 2.75) is 36.3 Å². The summed E-state index contributed by atoms with van der Waals surface area (Å²) >= 11 is 7.30. The van der Waals surface area contributed by atoms with Gasteiger partial charge in [0, 0.05) is 10.6 Å². The maximum Gasteiger partial charge on any atom is 0.316 e. The second-order valence-electron chi connectivity index (χ2n) is 3.78. The van der Waals surface area contributed by atoms with Crippen LogP contribution >= 0.6 is 23.4 Å². The lowest BCUT2D eigenvalue weighted by atomic mass is 10.2. The van der Waals surface area contributed by atoms with Crippen LogP contribution in [0.15, 0.2) is 23.1 Å². The molecule has 1 aromatic carbocycles. The van der Waals surface area contributed by atoms with Crippen LogP contribution in [-0.4, -0.2) is 16.3 Å². The predicted octanol–water partition coefficient (Wildman–Crippen LogP) is 3.66. The van der Waals surface area contributed by atoms with Crippen molar-refractivity contribution in [2.24, 2.45) is 0 Å². The molecule has 0 radical (unpaired) electrons. The number of nitrogens with two attached hydrogens (primary N) is 1. The molecule has 0 heterocycles. The lowest BCUT2D eigenvalue weighted by Crippen LogP contribution is -2.16. The van der Waals surface area contributed by atoms with Crippen molar-refractivity contribution in [2.75, 3.05) is 5.73 Å². The number of benzene rings is 1. The number of carboxylic acids is 1. The van der Waals surface area contributed by atoms with Crippen LogP contribution in [0, 0.1) is 0 Å². The number of hydrogen-bond acceptors (Lipinski definition) is 3. The lowest BCUT2D eigenvalue weighted by Gasteiger charge is -2.12. The molecule has 0 amide bonds. The van der Waals surface area contributed by atoms with Crippen molar-refractivity contribution in [1.29, 1.82) is 0 Å². The zero-order valence-electron chi connectivity index (χ0n) is 9.65. The van der Waals surface area contributed by atoms with Gasteiger partial charge in [0.1, 0.15) is 5.25 Å². The largest absolute Gasteiger partial charge is 0.480 e. The quantitative estimate of drug-likeness (QED) is 0.613. The zero-order valence-corrected chi connectivity index (χ0v) is 11.2. The van der Waals surface area contributed by atoms with Crippen molar-refractivity contribution in [3.8, 4) is 0 Å². The van der Waals surface area contributed by atoms with Gasteiger partial charge in [-0.15, -0.1) is 11.8 Å². The Kier molecular flexibility index (Phi) is 5.65. The molecule has 1 unspecified atom stereocenters. The third-order valence-corrected chi connectivity index (χ3v) is 4.08. The monoisotopic (exact) mass is 273 g/mol. The van der Waals surface area contributed by atoms with Gasteiger partial charge >= 0.3 is 5.97 Å². The van der Waals surface area contributed by atoms with Crippen LogP contribution in [0.1, 0.15) is 26.2 Å². The van der Waals surface area contributed by atoms with Crippen molar-refractivity contribution < 1.29 is 9.90 Å². The number of anilines is 1. The number of carbonyl (C=O) groups is 1. The Balaban J connectivity index is 2.75. The summed E-state index contributed by atoms with van der Waals surface area (Å²) in [5, 5.41) is 9.18. The van der Waals surface area contributed by atoms with E-state index in [9.17, 15) is 4.79 Å². The van der Waals surface area contributed by atoms with E-state index in [1.165, 1.54) is 11.8 Å². The Morgan fingerprint density at radius 2 is 2.29 bits per heavy atom. The van der Waals surface area contributed by atoms with Gasteiger partial charge < -0.3 is 10.8 Å². The van der Waals surface area contributed by atoms with Gasteiger partial charge in [-0.25, -0.2) is 0 Å². The van der Waals surface area contributed by atoms with Gasteiger partial charge in [0.15, 0.2) is 0 Å². The topological polar surface area (TPSA) is 63.3 Å². The lowest BCUT2D eigenvalue weighted by molar-refractivity contribution is -0.136. The molecule has 17 heavy (non-hydrogen) atoms. The van der Waals surface area contributed by atoms with Gasteiger partial charge in [-0.05, 0) is 24.6 Å². The van der Waals surface area contributed by atoms with E-state index in [0.29, 0.717) is 17.1 Å². The fourth-order valence-corrected chi connectivity index (χ4v) is 2.72. The molecule has 0 aliphatic carbocycles. The summed E-state index contributed by atoms with van der Waals surface area (Å²) < 4.78 is 0. The number of halogens is 1. The molecule has 0 aliphatic rings. The van der Waals surface area contributed by atoms with Gasteiger partial charge in [0.2, 0.25) is 0 Å². The molecule has 0 saturated heterocycles. The predicted molar refractivity (Wildman–Crippen MR) is 72.7 cm³/mol. The summed E-state index contributed by atoms with van der Waals surface area (Å²) in [6.45, 7) is 2.04. The standard InChI is InChI=1S/C12H16ClNO2S/c1-2-3-4-11(12(15)16)17-10-6-5-8(14)7-9(10)13/h5-7,11H,2-4,14H2,1H3,(H,15,16). The number of carboxylic acid groups (broad SMARTS) is 1.